The molecule has 20 heavy (non-hydrogen) atoms. The van der Waals surface area contributed by atoms with Gasteiger partial charge in [-0.05, 0) is 30.7 Å². The molecule has 1 amide bonds. The summed E-state index contributed by atoms with van der Waals surface area (Å²) >= 11 is 6.11. The molecule has 0 radical (unpaired) electrons. The van der Waals surface area contributed by atoms with Gasteiger partial charge in [-0.1, -0.05) is 23.7 Å². The quantitative estimate of drug-likeness (QED) is 0.524. The van der Waals surface area contributed by atoms with Crippen LogP contribution in [0.2, 0.25) is 5.15 Å². The van der Waals surface area contributed by atoms with Crippen molar-refractivity contribution in [2.45, 2.75) is 6.92 Å². The van der Waals surface area contributed by atoms with E-state index in [4.69, 9.17) is 16.9 Å². The number of nitrogens with zero attached hydrogens (tertiary/aromatic N) is 2. The normalized spacial score (nSPS) is 11.2. The van der Waals surface area contributed by atoms with Crippen LogP contribution in [0.15, 0.2) is 29.8 Å². The number of nitrogens with one attached hydrogen (secondary N) is 1. The van der Waals surface area contributed by atoms with Gasteiger partial charge in [-0.3, -0.25) is 4.79 Å². The fourth-order valence-electron chi connectivity index (χ4n) is 1.81. The summed E-state index contributed by atoms with van der Waals surface area (Å²) in [4.78, 5) is 15.8. The molecule has 5 heteroatoms. The number of nitriles is 1. The highest BCUT2D eigenvalue weighted by Crippen LogP contribution is 2.23. The number of aromatic nitrogens is 1. The van der Waals surface area contributed by atoms with Crippen LogP contribution in [-0.4, -0.2) is 17.9 Å². The molecule has 4 nitrogen and oxygen atoms in total. The first-order valence-corrected chi connectivity index (χ1v) is 6.33. The summed E-state index contributed by atoms with van der Waals surface area (Å²) < 4.78 is 0. The van der Waals surface area contributed by atoms with Gasteiger partial charge in [0.2, 0.25) is 0 Å². The molecule has 0 aliphatic rings. The molecule has 100 valence electrons. The van der Waals surface area contributed by atoms with Crippen LogP contribution in [0.25, 0.3) is 17.0 Å². The van der Waals surface area contributed by atoms with E-state index in [2.05, 4.69) is 10.3 Å². The van der Waals surface area contributed by atoms with Crippen LogP contribution in [-0.2, 0) is 4.79 Å². The van der Waals surface area contributed by atoms with Crippen LogP contribution in [0.5, 0.6) is 0 Å². The van der Waals surface area contributed by atoms with Gasteiger partial charge in [0.1, 0.15) is 16.8 Å². The van der Waals surface area contributed by atoms with E-state index in [-0.39, 0.29) is 10.7 Å². The topological polar surface area (TPSA) is 65.8 Å². The predicted molar refractivity (Wildman–Crippen MR) is 79.1 cm³/mol. The Morgan fingerprint density at radius 1 is 1.45 bits per heavy atom. The average molecular weight is 286 g/mol. The minimum Gasteiger partial charge on any atom is -0.354 e. The summed E-state index contributed by atoms with van der Waals surface area (Å²) in [7, 11) is 1.47. The molecule has 0 spiro atoms. The van der Waals surface area contributed by atoms with E-state index in [1.807, 2.05) is 37.3 Å². The third-order valence-corrected chi connectivity index (χ3v) is 3.15. The Kier molecular flexibility index (Phi) is 4.02. The summed E-state index contributed by atoms with van der Waals surface area (Å²) in [5.41, 5.74) is 2.41. The smallest absolute Gasteiger partial charge is 0.261 e. The van der Waals surface area contributed by atoms with E-state index in [1.54, 1.807) is 0 Å². The molecule has 2 aromatic rings. The molecule has 1 heterocycles. The molecule has 0 saturated heterocycles. The van der Waals surface area contributed by atoms with Crippen molar-refractivity contribution in [3.8, 4) is 6.07 Å². The van der Waals surface area contributed by atoms with E-state index < -0.39 is 5.91 Å². The molecule has 0 bridgehead atoms. The van der Waals surface area contributed by atoms with Crippen LogP contribution in [0.3, 0.4) is 0 Å². The highest BCUT2D eigenvalue weighted by Gasteiger charge is 2.09. The number of carbonyl (C=O) groups excluding carboxylic acids is 1. The Morgan fingerprint density at radius 2 is 2.20 bits per heavy atom. The third-order valence-electron chi connectivity index (χ3n) is 2.85. The van der Waals surface area contributed by atoms with Crippen molar-refractivity contribution in [2.75, 3.05) is 7.05 Å². The summed E-state index contributed by atoms with van der Waals surface area (Å²) in [6.45, 7) is 1.97. The van der Waals surface area contributed by atoms with E-state index in [9.17, 15) is 4.79 Å². The maximum Gasteiger partial charge on any atom is 0.261 e. The minimum absolute atomic E-state index is 0.0114. The van der Waals surface area contributed by atoms with Gasteiger partial charge in [0.05, 0.1) is 5.52 Å². The third kappa shape index (κ3) is 2.79. The first-order chi connectivity index (χ1) is 9.55. The Balaban J connectivity index is 2.58. The second-order valence-electron chi connectivity index (χ2n) is 4.31. The van der Waals surface area contributed by atoms with Crippen molar-refractivity contribution in [1.29, 1.82) is 5.26 Å². The van der Waals surface area contributed by atoms with Gasteiger partial charge in [-0.15, -0.1) is 0 Å². The highest BCUT2D eigenvalue weighted by molar-refractivity contribution is 6.31. The van der Waals surface area contributed by atoms with E-state index in [0.29, 0.717) is 5.56 Å². The van der Waals surface area contributed by atoms with E-state index in [1.165, 1.54) is 13.1 Å². The fourth-order valence-corrected chi connectivity index (χ4v) is 2.01. The molecule has 0 atom stereocenters. The first kappa shape index (κ1) is 14.0. The largest absolute Gasteiger partial charge is 0.354 e. The number of pyridine rings is 1. The zero-order chi connectivity index (χ0) is 14.7. The Morgan fingerprint density at radius 3 is 2.85 bits per heavy atom. The molecule has 2 rings (SSSR count). The van der Waals surface area contributed by atoms with Crippen molar-refractivity contribution >= 4 is 34.5 Å². The van der Waals surface area contributed by atoms with Gasteiger partial charge in [-0.25, -0.2) is 4.98 Å². The van der Waals surface area contributed by atoms with Gasteiger partial charge in [0.25, 0.3) is 5.91 Å². The van der Waals surface area contributed by atoms with Crippen LogP contribution >= 0.6 is 11.6 Å². The Labute approximate surface area is 121 Å². The van der Waals surface area contributed by atoms with Gasteiger partial charge >= 0.3 is 0 Å². The fraction of sp³-hybridized carbons (Fsp3) is 0.133. The molecule has 1 aromatic heterocycles. The Bertz CT molecular complexity index is 760. The number of rotatable bonds is 2. The van der Waals surface area contributed by atoms with Gasteiger partial charge in [-0.2, -0.15) is 5.26 Å². The number of hydrogen-bond donors (Lipinski definition) is 1. The van der Waals surface area contributed by atoms with Gasteiger partial charge < -0.3 is 5.32 Å². The Hall–Kier alpha value is -2.38. The standard InChI is InChI=1S/C15H12ClN3O/c1-9-3-4-10-6-11(14(16)19-13(10)5-9)7-12(8-17)15(20)18-2/h3-7H,1-2H3,(H,18,20)/b12-7+. The summed E-state index contributed by atoms with van der Waals surface area (Å²) in [6, 6.07) is 9.48. The zero-order valence-electron chi connectivity index (χ0n) is 11.1. The lowest BCUT2D eigenvalue weighted by atomic mass is 10.1. The zero-order valence-corrected chi connectivity index (χ0v) is 11.8. The molecular formula is C15H12ClN3O. The lowest BCUT2D eigenvalue weighted by Gasteiger charge is -2.04. The van der Waals surface area contributed by atoms with Gasteiger partial charge in [0, 0.05) is 18.0 Å². The lowest BCUT2D eigenvalue weighted by molar-refractivity contribution is -0.116. The summed E-state index contributed by atoms with van der Waals surface area (Å²) in [6.07, 6.45) is 1.44. The SMILES string of the molecule is CNC(=O)/C(C#N)=C/c1cc2ccc(C)cc2nc1Cl. The van der Waals surface area contributed by atoms with Crippen LogP contribution in [0.4, 0.5) is 0 Å². The molecule has 0 saturated carbocycles. The van der Waals surface area contributed by atoms with Crippen molar-refractivity contribution in [3.05, 3.63) is 46.1 Å². The molecule has 1 N–H and O–H groups in total. The number of benzene rings is 1. The summed E-state index contributed by atoms with van der Waals surface area (Å²) in [5, 5.41) is 12.6. The maximum absolute atomic E-state index is 11.5. The minimum atomic E-state index is -0.451. The lowest BCUT2D eigenvalue weighted by Crippen LogP contribution is -2.19. The number of hydrogen-bond acceptors (Lipinski definition) is 3. The molecule has 0 unspecified atom stereocenters. The first-order valence-electron chi connectivity index (χ1n) is 5.96. The van der Waals surface area contributed by atoms with E-state index in [0.717, 1.165) is 16.5 Å². The number of amides is 1. The maximum atomic E-state index is 11.5. The monoisotopic (exact) mass is 285 g/mol. The van der Waals surface area contributed by atoms with Crippen molar-refractivity contribution in [1.82, 2.24) is 10.3 Å². The number of halogens is 1. The highest BCUT2D eigenvalue weighted by atomic mass is 35.5. The average Bonchev–Trinajstić information content (AvgIpc) is 2.44. The molecule has 0 aliphatic carbocycles. The predicted octanol–water partition coefficient (Wildman–Crippen LogP) is 2.85. The molecular weight excluding hydrogens is 274 g/mol. The summed E-state index contributed by atoms with van der Waals surface area (Å²) in [5.74, 6) is -0.451. The number of fused-ring (bicyclic) bond motifs is 1. The van der Waals surface area contributed by atoms with Crippen molar-refractivity contribution < 1.29 is 4.79 Å². The van der Waals surface area contributed by atoms with Crippen molar-refractivity contribution in [3.63, 3.8) is 0 Å². The van der Waals surface area contributed by atoms with Crippen molar-refractivity contribution in [2.24, 2.45) is 0 Å². The number of aryl methyl sites for hydroxylation is 1. The molecule has 0 aliphatic heterocycles. The number of carbonyl (C=O) groups is 1. The number of likely N-dealkylation sites (N-methyl/N-ethyl adjacent to an activating group) is 1. The van der Waals surface area contributed by atoms with Crippen LogP contribution in [0.1, 0.15) is 11.1 Å². The van der Waals surface area contributed by atoms with E-state index >= 15 is 0 Å². The van der Waals surface area contributed by atoms with Crippen LogP contribution in [0, 0.1) is 18.3 Å². The second-order valence-corrected chi connectivity index (χ2v) is 4.67. The second kappa shape index (κ2) is 5.72. The molecule has 0 fully saturated rings. The van der Waals surface area contributed by atoms with Crippen LogP contribution < -0.4 is 5.32 Å². The van der Waals surface area contributed by atoms with Gasteiger partial charge in [0.15, 0.2) is 0 Å². The molecule has 1 aromatic carbocycles.